The highest BCUT2D eigenvalue weighted by Crippen LogP contribution is 2.57. The minimum atomic E-state index is -0.432. The molecule has 0 fully saturated rings. The van der Waals surface area contributed by atoms with Gasteiger partial charge in [-0.1, -0.05) is 193 Å². The first kappa shape index (κ1) is 37.4. The van der Waals surface area contributed by atoms with Crippen LogP contribution < -0.4 is 4.90 Å². The number of hydrogen-bond donors (Lipinski definition) is 0. The van der Waals surface area contributed by atoms with Gasteiger partial charge in [-0.25, -0.2) is 0 Å². The molecule has 6 aromatic rings. The molecule has 0 N–H and O–H groups in total. The zero-order valence-electron chi connectivity index (χ0n) is 32.8. The van der Waals surface area contributed by atoms with E-state index < -0.39 is 5.41 Å². The Balaban J connectivity index is 1.28. The molecular weight excluding hydrogens is 651 g/mol. The summed E-state index contributed by atoms with van der Waals surface area (Å²) in [6, 6.07) is 57.4. The Morgan fingerprint density at radius 2 is 0.796 bits per heavy atom. The molecule has 0 saturated carbocycles. The first-order valence-electron chi connectivity index (χ1n) is 21.1. The van der Waals surface area contributed by atoms with Crippen LogP contribution in [0.2, 0.25) is 0 Å². The van der Waals surface area contributed by atoms with E-state index in [4.69, 9.17) is 0 Å². The van der Waals surface area contributed by atoms with E-state index in [-0.39, 0.29) is 0 Å². The van der Waals surface area contributed by atoms with Crippen molar-refractivity contribution in [3.05, 3.63) is 185 Å². The van der Waals surface area contributed by atoms with Crippen LogP contribution in [-0.4, -0.2) is 0 Å². The minimum absolute atomic E-state index is 0.432. The average molecular weight is 710 g/mol. The van der Waals surface area contributed by atoms with Gasteiger partial charge in [-0.3, -0.25) is 0 Å². The van der Waals surface area contributed by atoms with Gasteiger partial charge in [-0.05, 0) is 107 Å². The maximum Gasteiger partial charge on any atom is 0.0714 e. The normalized spacial score (nSPS) is 12.7. The molecule has 0 bridgehead atoms. The van der Waals surface area contributed by atoms with Crippen molar-refractivity contribution in [3.63, 3.8) is 0 Å². The second kappa shape index (κ2) is 18.4. The zero-order chi connectivity index (χ0) is 37.0. The molecule has 0 aliphatic heterocycles. The summed E-state index contributed by atoms with van der Waals surface area (Å²) in [4.78, 5) is 2.48. The standard InChI is InChI=1S/C53H59N/c1-3-5-7-9-11-15-23-42-31-35-46(36-32-42)54(47-37-33-43(34-38-47)24-16-12-10-8-6-4-2)48-39-40-50-49-29-21-22-30-51(49)53(52(50)41-48,44-25-17-13-18-26-44)45-27-19-14-20-28-45/h13-14,17-22,25-41H,3-12,15-16,23-24H2,1-2H3. The van der Waals surface area contributed by atoms with Crippen molar-refractivity contribution >= 4 is 17.1 Å². The van der Waals surface area contributed by atoms with Gasteiger partial charge in [0.15, 0.2) is 0 Å². The van der Waals surface area contributed by atoms with Gasteiger partial charge in [-0.2, -0.15) is 0 Å². The van der Waals surface area contributed by atoms with Crippen molar-refractivity contribution in [1.29, 1.82) is 0 Å². The highest BCUT2D eigenvalue weighted by molar-refractivity contribution is 5.89. The van der Waals surface area contributed by atoms with Crippen LogP contribution >= 0.6 is 0 Å². The Morgan fingerprint density at radius 1 is 0.370 bits per heavy atom. The van der Waals surface area contributed by atoms with E-state index in [9.17, 15) is 0 Å². The van der Waals surface area contributed by atoms with E-state index in [0.717, 1.165) is 12.8 Å². The number of rotatable bonds is 19. The molecule has 1 heteroatoms. The van der Waals surface area contributed by atoms with Gasteiger partial charge in [0.2, 0.25) is 0 Å². The first-order chi connectivity index (χ1) is 26.7. The predicted octanol–water partition coefficient (Wildman–Crippen LogP) is 15.3. The third-order valence-electron chi connectivity index (χ3n) is 11.7. The number of hydrogen-bond acceptors (Lipinski definition) is 1. The van der Waals surface area contributed by atoms with Crippen molar-refractivity contribution in [2.24, 2.45) is 0 Å². The van der Waals surface area contributed by atoms with Crippen molar-refractivity contribution in [2.75, 3.05) is 4.90 Å². The van der Waals surface area contributed by atoms with E-state index in [1.54, 1.807) is 0 Å². The maximum absolute atomic E-state index is 2.49. The van der Waals surface area contributed by atoms with Crippen LogP contribution in [0, 0.1) is 0 Å². The van der Waals surface area contributed by atoms with Crippen molar-refractivity contribution in [3.8, 4) is 11.1 Å². The van der Waals surface area contributed by atoms with E-state index in [1.165, 1.54) is 139 Å². The van der Waals surface area contributed by atoms with E-state index >= 15 is 0 Å². The Hall–Kier alpha value is -4.88. The largest absolute Gasteiger partial charge is 0.310 e. The van der Waals surface area contributed by atoms with Crippen LogP contribution in [0.4, 0.5) is 17.1 Å². The van der Waals surface area contributed by atoms with Gasteiger partial charge in [0.25, 0.3) is 0 Å². The molecular formula is C53H59N. The molecule has 7 rings (SSSR count). The molecule has 0 spiro atoms. The van der Waals surface area contributed by atoms with Crippen molar-refractivity contribution in [1.82, 2.24) is 0 Å². The fourth-order valence-corrected chi connectivity index (χ4v) is 8.86. The molecule has 0 aromatic heterocycles. The lowest BCUT2D eigenvalue weighted by molar-refractivity contribution is 0.607. The fraction of sp³-hybridized carbons (Fsp3) is 0.321. The molecule has 1 aliphatic rings. The second-order valence-corrected chi connectivity index (χ2v) is 15.5. The second-order valence-electron chi connectivity index (χ2n) is 15.5. The Labute approximate surface area is 326 Å². The van der Waals surface area contributed by atoms with Crippen LogP contribution in [0.15, 0.2) is 152 Å². The number of aryl methyl sites for hydroxylation is 2. The Bertz CT molecular complexity index is 1930. The summed E-state index contributed by atoms with van der Waals surface area (Å²) in [5, 5.41) is 0. The molecule has 6 aromatic carbocycles. The Morgan fingerprint density at radius 3 is 1.31 bits per heavy atom. The smallest absolute Gasteiger partial charge is 0.0714 e. The van der Waals surface area contributed by atoms with Crippen molar-refractivity contribution < 1.29 is 0 Å². The summed E-state index contributed by atoms with van der Waals surface area (Å²) in [6.45, 7) is 4.58. The number of benzene rings is 6. The SMILES string of the molecule is CCCCCCCCc1ccc(N(c2ccc(CCCCCCCC)cc2)c2ccc3c(c2)C(c2ccccc2)(c2ccccc2)c2ccccc2-3)cc1. The minimum Gasteiger partial charge on any atom is -0.310 e. The van der Waals surface area contributed by atoms with Crippen LogP contribution in [-0.2, 0) is 18.3 Å². The zero-order valence-corrected chi connectivity index (χ0v) is 32.8. The van der Waals surface area contributed by atoms with Crippen LogP contribution in [0.3, 0.4) is 0 Å². The summed E-state index contributed by atoms with van der Waals surface area (Å²) in [7, 11) is 0. The number of fused-ring (bicyclic) bond motifs is 3. The van der Waals surface area contributed by atoms with E-state index in [1.807, 2.05) is 0 Å². The quantitative estimate of drug-likeness (QED) is 0.0756. The van der Waals surface area contributed by atoms with Gasteiger partial charge < -0.3 is 4.90 Å². The van der Waals surface area contributed by atoms with Gasteiger partial charge in [0.05, 0.1) is 5.41 Å². The topological polar surface area (TPSA) is 3.24 Å². The number of anilines is 3. The third kappa shape index (κ3) is 8.12. The molecule has 0 radical (unpaired) electrons. The number of nitrogens with zero attached hydrogens (tertiary/aromatic N) is 1. The van der Waals surface area contributed by atoms with Gasteiger partial charge in [0, 0.05) is 17.1 Å². The van der Waals surface area contributed by atoms with Crippen molar-refractivity contribution in [2.45, 2.75) is 109 Å². The highest BCUT2D eigenvalue weighted by atomic mass is 15.1. The van der Waals surface area contributed by atoms with Gasteiger partial charge in [-0.15, -0.1) is 0 Å². The lowest BCUT2D eigenvalue weighted by Gasteiger charge is -2.35. The van der Waals surface area contributed by atoms with Crippen LogP contribution in [0.25, 0.3) is 11.1 Å². The summed E-state index contributed by atoms with van der Waals surface area (Å²) in [5.41, 5.74) is 13.9. The summed E-state index contributed by atoms with van der Waals surface area (Å²) in [6.07, 6.45) is 18.2. The molecule has 54 heavy (non-hydrogen) atoms. The predicted molar refractivity (Wildman–Crippen MR) is 233 cm³/mol. The van der Waals surface area contributed by atoms with E-state index in [0.29, 0.717) is 0 Å². The monoisotopic (exact) mass is 709 g/mol. The molecule has 1 nitrogen and oxygen atoms in total. The molecule has 0 amide bonds. The van der Waals surface area contributed by atoms with Gasteiger partial charge >= 0.3 is 0 Å². The molecule has 276 valence electrons. The lowest BCUT2D eigenvalue weighted by Crippen LogP contribution is -2.28. The molecule has 0 atom stereocenters. The molecule has 1 aliphatic carbocycles. The maximum atomic E-state index is 2.49. The van der Waals surface area contributed by atoms with E-state index in [2.05, 4.69) is 170 Å². The molecule has 0 heterocycles. The van der Waals surface area contributed by atoms with Gasteiger partial charge in [0.1, 0.15) is 0 Å². The number of unbranched alkanes of at least 4 members (excludes halogenated alkanes) is 10. The summed E-state index contributed by atoms with van der Waals surface area (Å²) >= 11 is 0. The summed E-state index contributed by atoms with van der Waals surface area (Å²) in [5.74, 6) is 0. The first-order valence-corrected chi connectivity index (χ1v) is 21.1. The Kier molecular flexibility index (Phi) is 12.8. The summed E-state index contributed by atoms with van der Waals surface area (Å²) < 4.78 is 0. The fourth-order valence-electron chi connectivity index (χ4n) is 8.86. The van der Waals surface area contributed by atoms with Crippen LogP contribution in [0.1, 0.15) is 124 Å². The molecule has 0 saturated heterocycles. The average Bonchev–Trinajstić information content (AvgIpc) is 3.53. The highest BCUT2D eigenvalue weighted by Gasteiger charge is 2.46. The third-order valence-corrected chi connectivity index (χ3v) is 11.7. The van der Waals surface area contributed by atoms with Crippen LogP contribution in [0.5, 0.6) is 0 Å². The molecule has 0 unspecified atom stereocenters. The lowest BCUT2D eigenvalue weighted by atomic mass is 9.67.